The molecular formula is C19H25F2N3O. The van der Waals surface area contributed by atoms with Gasteiger partial charge in [-0.15, -0.1) is 0 Å². The molecule has 0 bridgehead atoms. The molecule has 3 saturated heterocycles. The van der Waals surface area contributed by atoms with Crippen molar-refractivity contribution >= 4 is 11.6 Å². The standard InChI is InChI=1S/C19H25F2N3O/c1-13-19(25)23-8-2-3-16(23)12-24(13)14-6-9-22(10-7-14)15-4-5-17(20)18(21)11-15/h4-5,11,13-14,16H,2-3,6-10,12H2,1H3/t13-,16+/m0/s1. The summed E-state index contributed by atoms with van der Waals surface area (Å²) in [6, 6.07) is 4.84. The van der Waals surface area contributed by atoms with E-state index in [9.17, 15) is 13.6 Å². The number of nitrogens with zero attached hydrogens (tertiary/aromatic N) is 3. The van der Waals surface area contributed by atoms with Gasteiger partial charge in [0.1, 0.15) is 0 Å². The Bertz CT molecular complexity index is 660. The number of carbonyl (C=O) groups is 1. The minimum absolute atomic E-state index is 0.0471. The molecule has 1 aromatic carbocycles. The van der Waals surface area contributed by atoms with Crippen LogP contribution in [0, 0.1) is 11.6 Å². The van der Waals surface area contributed by atoms with Crippen molar-refractivity contribution in [1.82, 2.24) is 9.80 Å². The summed E-state index contributed by atoms with van der Waals surface area (Å²) in [5.41, 5.74) is 0.738. The lowest BCUT2D eigenvalue weighted by Crippen LogP contribution is -2.62. The van der Waals surface area contributed by atoms with E-state index < -0.39 is 11.6 Å². The number of piperidine rings is 1. The van der Waals surface area contributed by atoms with Crippen LogP contribution in [0.1, 0.15) is 32.6 Å². The second kappa shape index (κ2) is 6.56. The number of benzene rings is 1. The number of amides is 1. The Morgan fingerprint density at radius 1 is 1.00 bits per heavy atom. The number of rotatable bonds is 2. The van der Waals surface area contributed by atoms with Crippen LogP contribution in [0.4, 0.5) is 14.5 Å². The third kappa shape index (κ3) is 3.01. The highest BCUT2D eigenvalue weighted by Gasteiger charge is 2.43. The average Bonchev–Trinajstić information content (AvgIpc) is 3.09. The summed E-state index contributed by atoms with van der Waals surface area (Å²) in [5.74, 6) is -1.33. The van der Waals surface area contributed by atoms with Gasteiger partial charge in [-0.25, -0.2) is 8.78 Å². The van der Waals surface area contributed by atoms with Crippen LogP contribution >= 0.6 is 0 Å². The molecule has 3 heterocycles. The predicted octanol–water partition coefficient (Wildman–Crippen LogP) is 2.63. The van der Waals surface area contributed by atoms with Crippen molar-refractivity contribution in [2.45, 2.75) is 50.7 Å². The van der Waals surface area contributed by atoms with Crippen LogP contribution < -0.4 is 4.90 Å². The van der Waals surface area contributed by atoms with Gasteiger partial charge in [-0.05, 0) is 44.7 Å². The number of carbonyl (C=O) groups excluding carboxylic acids is 1. The first-order valence-electron chi connectivity index (χ1n) is 9.31. The Balaban J connectivity index is 1.41. The van der Waals surface area contributed by atoms with Crippen LogP contribution in [0.25, 0.3) is 0 Å². The Labute approximate surface area is 147 Å². The van der Waals surface area contributed by atoms with Crippen LogP contribution in [0.15, 0.2) is 18.2 Å². The van der Waals surface area contributed by atoms with Crippen LogP contribution in [-0.4, -0.2) is 60.0 Å². The highest BCUT2D eigenvalue weighted by Crippen LogP contribution is 2.31. The summed E-state index contributed by atoms with van der Waals surface area (Å²) >= 11 is 0. The largest absolute Gasteiger partial charge is 0.371 e. The van der Waals surface area contributed by atoms with E-state index in [0.29, 0.717) is 12.1 Å². The molecule has 0 radical (unpaired) electrons. The Hall–Kier alpha value is -1.69. The molecule has 0 aromatic heterocycles. The molecule has 1 aromatic rings. The lowest BCUT2D eigenvalue weighted by molar-refractivity contribution is -0.145. The monoisotopic (exact) mass is 349 g/mol. The molecule has 0 aliphatic carbocycles. The van der Waals surface area contributed by atoms with Crippen molar-refractivity contribution in [3.8, 4) is 0 Å². The third-order valence-corrected chi connectivity index (χ3v) is 6.14. The van der Waals surface area contributed by atoms with Crippen molar-refractivity contribution in [2.75, 3.05) is 31.1 Å². The Kier molecular flexibility index (Phi) is 4.40. The van der Waals surface area contributed by atoms with Gasteiger partial charge in [0.25, 0.3) is 0 Å². The van der Waals surface area contributed by atoms with E-state index in [2.05, 4.69) is 14.7 Å². The zero-order valence-electron chi connectivity index (χ0n) is 14.6. The Morgan fingerprint density at radius 2 is 1.76 bits per heavy atom. The van der Waals surface area contributed by atoms with Crippen LogP contribution in [0.3, 0.4) is 0 Å². The Morgan fingerprint density at radius 3 is 2.48 bits per heavy atom. The summed E-state index contributed by atoms with van der Waals surface area (Å²) in [7, 11) is 0. The SMILES string of the molecule is C[C@H]1C(=O)N2CCC[C@@H]2CN1C1CCN(c2ccc(F)c(F)c2)CC1. The van der Waals surface area contributed by atoms with Crippen molar-refractivity contribution in [3.63, 3.8) is 0 Å². The lowest BCUT2D eigenvalue weighted by Gasteiger charge is -2.47. The van der Waals surface area contributed by atoms with Gasteiger partial charge in [-0.3, -0.25) is 9.69 Å². The second-order valence-electron chi connectivity index (χ2n) is 7.52. The van der Waals surface area contributed by atoms with E-state index >= 15 is 0 Å². The van der Waals surface area contributed by atoms with E-state index in [1.54, 1.807) is 6.07 Å². The quantitative estimate of drug-likeness (QED) is 0.821. The van der Waals surface area contributed by atoms with Gasteiger partial charge in [0.05, 0.1) is 6.04 Å². The molecule has 25 heavy (non-hydrogen) atoms. The van der Waals surface area contributed by atoms with Crippen LogP contribution in [0.2, 0.25) is 0 Å². The maximum atomic E-state index is 13.5. The molecule has 6 heteroatoms. The molecule has 2 atom stereocenters. The molecule has 0 saturated carbocycles. The number of fused-ring (bicyclic) bond motifs is 1. The minimum atomic E-state index is -0.805. The molecule has 3 fully saturated rings. The fourth-order valence-electron chi connectivity index (χ4n) is 4.70. The molecule has 0 spiro atoms. The normalized spacial score (nSPS) is 28.5. The first-order valence-corrected chi connectivity index (χ1v) is 9.31. The molecule has 4 rings (SSSR count). The average molecular weight is 349 g/mol. The smallest absolute Gasteiger partial charge is 0.239 e. The summed E-state index contributed by atoms with van der Waals surface area (Å²) in [6.07, 6.45) is 4.13. The number of halogens is 2. The fraction of sp³-hybridized carbons (Fsp3) is 0.632. The highest BCUT2D eigenvalue weighted by atomic mass is 19.2. The lowest BCUT2D eigenvalue weighted by atomic mass is 9.97. The van der Waals surface area contributed by atoms with E-state index in [-0.39, 0.29) is 11.9 Å². The first kappa shape index (κ1) is 16.8. The molecule has 3 aliphatic heterocycles. The van der Waals surface area contributed by atoms with E-state index in [1.165, 1.54) is 12.1 Å². The topological polar surface area (TPSA) is 26.8 Å². The van der Waals surface area contributed by atoms with Crippen LogP contribution in [0.5, 0.6) is 0 Å². The molecule has 1 amide bonds. The van der Waals surface area contributed by atoms with Crippen LogP contribution in [-0.2, 0) is 4.79 Å². The second-order valence-corrected chi connectivity index (χ2v) is 7.52. The summed E-state index contributed by atoms with van der Waals surface area (Å²) < 4.78 is 26.6. The molecular weight excluding hydrogens is 324 g/mol. The molecule has 3 aliphatic rings. The fourth-order valence-corrected chi connectivity index (χ4v) is 4.70. The van der Waals surface area contributed by atoms with E-state index in [0.717, 1.165) is 57.5 Å². The van der Waals surface area contributed by atoms with E-state index in [4.69, 9.17) is 0 Å². The number of anilines is 1. The molecule has 4 nitrogen and oxygen atoms in total. The minimum Gasteiger partial charge on any atom is -0.371 e. The van der Waals surface area contributed by atoms with Gasteiger partial charge >= 0.3 is 0 Å². The van der Waals surface area contributed by atoms with Crippen molar-refractivity contribution in [1.29, 1.82) is 0 Å². The number of hydrogen-bond acceptors (Lipinski definition) is 3. The maximum Gasteiger partial charge on any atom is 0.239 e. The van der Waals surface area contributed by atoms with Crippen molar-refractivity contribution in [3.05, 3.63) is 29.8 Å². The molecule has 0 N–H and O–H groups in total. The molecule has 0 unspecified atom stereocenters. The molecule has 136 valence electrons. The number of hydrogen-bond donors (Lipinski definition) is 0. The summed E-state index contributed by atoms with van der Waals surface area (Å²) in [4.78, 5) is 19.2. The highest BCUT2D eigenvalue weighted by molar-refractivity contribution is 5.83. The van der Waals surface area contributed by atoms with E-state index in [1.807, 2.05) is 6.92 Å². The van der Waals surface area contributed by atoms with Crippen molar-refractivity contribution < 1.29 is 13.6 Å². The van der Waals surface area contributed by atoms with Gasteiger partial charge in [0.15, 0.2) is 11.6 Å². The summed E-state index contributed by atoms with van der Waals surface area (Å²) in [6.45, 7) is 5.53. The van der Waals surface area contributed by atoms with Gasteiger partial charge < -0.3 is 9.80 Å². The van der Waals surface area contributed by atoms with Gasteiger partial charge in [-0.1, -0.05) is 0 Å². The first-order chi connectivity index (χ1) is 12.0. The van der Waals surface area contributed by atoms with Crippen molar-refractivity contribution in [2.24, 2.45) is 0 Å². The van der Waals surface area contributed by atoms with Gasteiger partial charge in [-0.2, -0.15) is 0 Å². The predicted molar refractivity (Wildman–Crippen MR) is 92.5 cm³/mol. The number of piperazine rings is 1. The zero-order valence-corrected chi connectivity index (χ0v) is 14.6. The third-order valence-electron chi connectivity index (χ3n) is 6.14. The van der Waals surface area contributed by atoms with Gasteiger partial charge in [0.2, 0.25) is 5.91 Å². The maximum absolute atomic E-state index is 13.5. The zero-order chi connectivity index (χ0) is 17.6. The summed E-state index contributed by atoms with van der Waals surface area (Å²) in [5, 5.41) is 0. The van der Waals surface area contributed by atoms with Gasteiger partial charge in [0, 0.05) is 50.0 Å².